The van der Waals surface area contributed by atoms with Crippen molar-refractivity contribution in [3.05, 3.63) is 0 Å². The maximum absolute atomic E-state index is 10.5. The summed E-state index contributed by atoms with van der Waals surface area (Å²) in [5.41, 5.74) is 3.82. The Morgan fingerprint density at radius 1 is 1.75 bits per heavy atom. The van der Waals surface area contributed by atoms with Gasteiger partial charge in [-0.05, 0) is 0 Å². The first-order valence-electron chi connectivity index (χ1n) is 2.89. The van der Waals surface area contributed by atoms with E-state index in [9.17, 15) is 4.79 Å². The van der Waals surface area contributed by atoms with E-state index in [4.69, 9.17) is 0 Å². The molecule has 0 saturated carbocycles. The number of piperidine rings is 1. The van der Waals surface area contributed by atoms with Crippen LogP contribution in [0.4, 0.5) is 0 Å². The number of quaternary nitrogens is 1. The topological polar surface area (TPSA) is 56.7 Å². The van der Waals surface area contributed by atoms with Gasteiger partial charge < -0.3 is 11.1 Å². The zero-order chi connectivity index (χ0) is 5.98. The summed E-state index contributed by atoms with van der Waals surface area (Å²) >= 11 is 0. The van der Waals surface area contributed by atoms with Crippen molar-refractivity contribution < 1.29 is 10.5 Å². The Hall–Kier alpha value is -0.570. The second kappa shape index (κ2) is 2.13. The maximum Gasteiger partial charge on any atom is 0.220 e. The fraction of sp³-hybridized carbons (Fsp3) is 0.800. The summed E-state index contributed by atoms with van der Waals surface area (Å²) in [5.74, 6) is 0.171. The van der Waals surface area contributed by atoms with E-state index in [0.717, 1.165) is 13.0 Å². The number of hydrogen-bond donors (Lipinski definition) is 2. The third-order valence-corrected chi connectivity index (χ3v) is 1.37. The molecule has 4 N–H and O–H groups in total. The first kappa shape index (κ1) is 5.56. The Balaban J connectivity index is 2.29. The van der Waals surface area contributed by atoms with Crippen molar-refractivity contribution in [1.29, 1.82) is 0 Å². The summed E-state index contributed by atoms with van der Waals surface area (Å²) in [6.07, 6.45) is 1.61. The summed E-state index contributed by atoms with van der Waals surface area (Å²) < 4.78 is 0. The van der Waals surface area contributed by atoms with Crippen LogP contribution in [0.15, 0.2) is 0 Å². The van der Waals surface area contributed by atoms with Crippen LogP contribution < -0.4 is 11.1 Å². The minimum atomic E-state index is 0.171. The van der Waals surface area contributed by atoms with E-state index in [0.29, 0.717) is 12.5 Å². The van der Waals surface area contributed by atoms with Gasteiger partial charge in [-0.25, -0.2) is 0 Å². The molecule has 3 nitrogen and oxygen atoms in total. The fourth-order valence-corrected chi connectivity index (χ4v) is 0.784. The zero-order valence-corrected chi connectivity index (χ0v) is 4.81. The normalized spacial score (nSPS) is 29.6. The summed E-state index contributed by atoms with van der Waals surface area (Å²) in [6, 6.07) is 0.438. The lowest BCUT2D eigenvalue weighted by Gasteiger charge is -2.14. The van der Waals surface area contributed by atoms with Crippen molar-refractivity contribution in [2.75, 3.05) is 6.54 Å². The Bertz CT molecular complexity index is 92.6. The highest BCUT2D eigenvalue weighted by molar-refractivity contribution is 5.76. The predicted molar refractivity (Wildman–Crippen MR) is 28.9 cm³/mol. The summed E-state index contributed by atoms with van der Waals surface area (Å²) in [6.45, 7) is 0.763. The molecular formula is C5H11N2O+. The van der Waals surface area contributed by atoms with Crippen molar-refractivity contribution in [2.24, 2.45) is 0 Å². The fourth-order valence-electron chi connectivity index (χ4n) is 0.784. The summed E-state index contributed by atoms with van der Waals surface area (Å²) in [4.78, 5) is 10.5. The van der Waals surface area contributed by atoms with E-state index < -0.39 is 0 Å². The van der Waals surface area contributed by atoms with Gasteiger partial charge in [0.2, 0.25) is 5.91 Å². The lowest BCUT2D eigenvalue weighted by Crippen LogP contribution is -2.67. The van der Waals surface area contributed by atoms with E-state index in [1.165, 1.54) is 0 Å². The highest BCUT2D eigenvalue weighted by Crippen LogP contribution is 1.96. The Morgan fingerprint density at radius 3 is 2.88 bits per heavy atom. The largest absolute Gasteiger partial charge is 0.354 e. The molecule has 1 fully saturated rings. The standard InChI is InChI=1S/C5H10N2O/c6-4-1-2-5(8)7-3-4/h4H,1-3,6H2,(H,7,8)/p+1/t4-/m0/s1. The Labute approximate surface area is 48.2 Å². The molecule has 0 aromatic heterocycles. The lowest BCUT2D eigenvalue weighted by atomic mass is 10.1. The lowest BCUT2D eigenvalue weighted by molar-refractivity contribution is -0.419. The highest BCUT2D eigenvalue weighted by atomic mass is 16.1. The van der Waals surface area contributed by atoms with E-state index in [2.05, 4.69) is 11.1 Å². The SMILES string of the molecule is [NH3+][C@H]1CCC(=O)NC1. The average Bonchev–Trinajstić information content (AvgIpc) is 1.77. The molecule has 1 aliphatic rings. The second-order valence-corrected chi connectivity index (χ2v) is 2.21. The van der Waals surface area contributed by atoms with Gasteiger partial charge in [-0.2, -0.15) is 0 Å². The van der Waals surface area contributed by atoms with Crippen LogP contribution in [0.5, 0.6) is 0 Å². The molecule has 0 aromatic rings. The van der Waals surface area contributed by atoms with E-state index in [-0.39, 0.29) is 5.91 Å². The van der Waals surface area contributed by atoms with Crippen LogP contribution in [-0.4, -0.2) is 18.5 Å². The molecule has 46 valence electrons. The van der Waals surface area contributed by atoms with Crippen LogP contribution in [0, 0.1) is 0 Å². The molecule has 1 atom stereocenters. The number of hydrogen-bond acceptors (Lipinski definition) is 1. The van der Waals surface area contributed by atoms with E-state index >= 15 is 0 Å². The molecule has 0 spiro atoms. The number of carbonyl (C=O) groups is 1. The van der Waals surface area contributed by atoms with Crippen molar-refractivity contribution in [3.8, 4) is 0 Å². The molecule has 0 unspecified atom stereocenters. The molecule has 0 radical (unpaired) electrons. The molecule has 0 aromatic carbocycles. The second-order valence-electron chi connectivity index (χ2n) is 2.21. The Kier molecular flexibility index (Phi) is 1.48. The third kappa shape index (κ3) is 1.20. The van der Waals surface area contributed by atoms with Gasteiger partial charge >= 0.3 is 0 Å². The van der Waals surface area contributed by atoms with Gasteiger partial charge in [0.15, 0.2) is 0 Å². The van der Waals surface area contributed by atoms with Crippen LogP contribution in [0.2, 0.25) is 0 Å². The molecule has 0 aliphatic carbocycles. The first-order chi connectivity index (χ1) is 3.79. The first-order valence-corrected chi connectivity index (χ1v) is 2.89. The van der Waals surface area contributed by atoms with Gasteiger partial charge in [0.05, 0.1) is 6.54 Å². The molecule has 1 amide bonds. The van der Waals surface area contributed by atoms with Crippen molar-refractivity contribution in [2.45, 2.75) is 18.9 Å². The molecule has 0 bridgehead atoms. The smallest absolute Gasteiger partial charge is 0.220 e. The van der Waals surface area contributed by atoms with Crippen LogP contribution in [0.25, 0.3) is 0 Å². The molecule has 1 rings (SSSR count). The monoisotopic (exact) mass is 115 g/mol. The zero-order valence-electron chi connectivity index (χ0n) is 4.81. The number of amides is 1. The summed E-state index contributed by atoms with van der Waals surface area (Å²) in [5, 5.41) is 2.73. The van der Waals surface area contributed by atoms with Gasteiger partial charge in [0.1, 0.15) is 6.04 Å². The molecule has 1 saturated heterocycles. The Morgan fingerprint density at radius 2 is 2.50 bits per heavy atom. The van der Waals surface area contributed by atoms with Gasteiger partial charge in [-0.3, -0.25) is 4.79 Å². The molecule has 3 heteroatoms. The average molecular weight is 115 g/mol. The van der Waals surface area contributed by atoms with Gasteiger partial charge in [0.25, 0.3) is 0 Å². The van der Waals surface area contributed by atoms with Crippen LogP contribution >= 0.6 is 0 Å². The molecular weight excluding hydrogens is 104 g/mol. The number of rotatable bonds is 0. The quantitative estimate of drug-likeness (QED) is 0.397. The van der Waals surface area contributed by atoms with Crippen molar-refractivity contribution >= 4 is 5.91 Å². The highest BCUT2D eigenvalue weighted by Gasteiger charge is 2.15. The van der Waals surface area contributed by atoms with Crippen LogP contribution in [0.3, 0.4) is 0 Å². The number of nitrogens with one attached hydrogen (secondary N) is 1. The molecule has 1 aliphatic heterocycles. The van der Waals surface area contributed by atoms with Crippen molar-refractivity contribution in [1.82, 2.24) is 5.32 Å². The van der Waals surface area contributed by atoms with Gasteiger partial charge in [-0.1, -0.05) is 0 Å². The minimum absolute atomic E-state index is 0.171. The minimum Gasteiger partial charge on any atom is -0.354 e. The maximum atomic E-state index is 10.5. The van der Waals surface area contributed by atoms with Gasteiger partial charge in [0, 0.05) is 12.8 Å². The van der Waals surface area contributed by atoms with Gasteiger partial charge in [-0.15, -0.1) is 0 Å². The van der Waals surface area contributed by atoms with Crippen molar-refractivity contribution in [3.63, 3.8) is 0 Å². The van der Waals surface area contributed by atoms with E-state index in [1.54, 1.807) is 0 Å². The number of carbonyl (C=O) groups excluding carboxylic acids is 1. The van der Waals surface area contributed by atoms with Crippen LogP contribution in [0.1, 0.15) is 12.8 Å². The third-order valence-electron chi connectivity index (χ3n) is 1.37. The molecule has 8 heavy (non-hydrogen) atoms. The predicted octanol–water partition coefficient (Wildman–Crippen LogP) is -1.49. The van der Waals surface area contributed by atoms with E-state index in [1.807, 2.05) is 0 Å². The summed E-state index contributed by atoms with van der Waals surface area (Å²) in [7, 11) is 0. The van der Waals surface area contributed by atoms with Crippen LogP contribution in [-0.2, 0) is 4.79 Å². The molecule has 1 heterocycles.